The Labute approximate surface area is 111 Å². The summed E-state index contributed by atoms with van der Waals surface area (Å²) in [6.45, 7) is 2.77. The van der Waals surface area contributed by atoms with E-state index in [2.05, 4.69) is 12.2 Å². The molecular weight excluding hydrogens is 248 g/mol. The van der Waals surface area contributed by atoms with Crippen LogP contribution in [0.15, 0.2) is 0 Å². The van der Waals surface area contributed by atoms with Crippen LogP contribution in [0.4, 0.5) is 0 Å². The van der Waals surface area contributed by atoms with E-state index < -0.39 is 10.0 Å². The van der Waals surface area contributed by atoms with Crippen LogP contribution in [-0.2, 0) is 10.0 Å². The standard InChI is InChI=1S/C13H26N2O2S/c1-11-5-3-4-6-13(11)15(2)18(16,17)10-9-14-12-7-8-12/h11-14H,3-10H2,1-2H3. The van der Waals surface area contributed by atoms with Crippen molar-refractivity contribution in [3.63, 3.8) is 0 Å². The number of rotatable bonds is 6. The van der Waals surface area contributed by atoms with E-state index in [4.69, 9.17) is 0 Å². The van der Waals surface area contributed by atoms with Gasteiger partial charge in [-0.1, -0.05) is 19.8 Å². The van der Waals surface area contributed by atoms with Gasteiger partial charge in [-0.15, -0.1) is 0 Å². The van der Waals surface area contributed by atoms with Crippen molar-refractivity contribution in [2.45, 2.75) is 57.5 Å². The quantitative estimate of drug-likeness (QED) is 0.800. The molecule has 18 heavy (non-hydrogen) atoms. The molecule has 2 aliphatic rings. The maximum Gasteiger partial charge on any atom is 0.215 e. The average molecular weight is 274 g/mol. The maximum atomic E-state index is 12.3. The van der Waals surface area contributed by atoms with Gasteiger partial charge in [0, 0.05) is 25.7 Å². The van der Waals surface area contributed by atoms with Crippen molar-refractivity contribution in [3.05, 3.63) is 0 Å². The highest BCUT2D eigenvalue weighted by Gasteiger charge is 2.32. The molecule has 2 saturated carbocycles. The lowest BCUT2D eigenvalue weighted by molar-refractivity contribution is 0.213. The lowest BCUT2D eigenvalue weighted by Crippen LogP contribution is -2.44. The van der Waals surface area contributed by atoms with Crippen molar-refractivity contribution in [2.75, 3.05) is 19.3 Å². The van der Waals surface area contributed by atoms with Gasteiger partial charge in [0.15, 0.2) is 0 Å². The first kappa shape index (κ1) is 14.3. The first-order chi connectivity index (χ1) is 8.50. The summed E-state index contributed by atoms with van der Waals surface area (Å²) in [5, 5.41) is 3.28. The van der Waals surface area contributed by atoms with E-state index in [0.717, 1.165) is 19.3 Å². The molecule has 0 radical (unpaired) electrons. The van der Waals surface area contributed by atoms with E-state index in [9.17, 15) is 8.42 Å². The summed E-state index contributed by atoms with van der Waals surface area (Å²) in [5.41, 5.74) is 0. The van der Waals surface area contributed by atoms with Crippen LogP contribution in [-0.4, -0.2) is 44.2 Å². The molecule has 5 heteroatoms. The smallest absolute Gasteiger partial charge is 0.215 e. The minimum atomic E-state index is -3.09. The molecule has 0 saturated heterocycles. The predicted molar refractivity (Wildman–Crippen MR) is 74.0 cm³/mol. The Morgan fingerprint density at radius 3 is 2.44 bits per heavy atom. The fraction of sp³-hybridized carbons (Fsp3) is 1.00. The molecule has 0 bridgehead atoms. The van der Waals surface area contributed by atoms with Gasteiger partial charge in [-0.2, -0.15) is 0 Å². The Morgan fingerprint density at radius 2 is 1.83 bits per heavy atom. The molecule has 0 aliphatic heterocycles. The average Bonchev–Trinajstić information content (AvgIpc) is 3.12. The van der Waals surface area contributed by atoms with Gasteiger partial charge in [-0.3, -0.25) is 0 Å². The van der Waals surface area contributed by atoms with Gasteiger partial charge in [0.05, 0.1) is 5.75 Å². The van der Waals surface area contributed by atoms with E-state index in [0.29, 0.717) is 18.5 Å². The summed E-state index contributed by atoms with van der Waals surface area (Å²) in [4.78, 5) is 0. The number of hydrogen-bond acceptors (Lipinski definition) is 3. The third-order valence-corrected chi connectivity index (χ3v) is 6.21. The highest BCUT2D eigenvalue weighted by molar-refractivity contribution is 7.89. The minimum absolute atomic E-state index is 0.213. The molecule has 2 aliphatic carbocycles. The van der Waals surface area contributed by atoms with Gasteiger partial charge in [0.25, 0.3) is 0 Å². The molecule has 0 spiro atoms. The second-order valence-electron chi connectivity index (χ2n) is 5.89. The summed E-state index contributed by atoms with van der Waals surface area (Å²) < 4.78 is 26.2. The van der Waals surface area contributed by atoms with Crippen molar-refractivity contribution in [3.8, 4) is 0 Å². The van der Waals surface area contributed by atoms with Gasteiger partial charge >= 0.3 is 0 Å². The van der Waals surface area contributed by atoms with E-state index in [-0.39, 0.29) is 11.8 Å². The molecular formula is C13H26N2O2S. The van der Waals surface area contributed by atoms with Crippen LogP contribution in [0.1, 0.15) is 45.4 Å². The van der Waals surface area contributed by atoms with Gasteiger partial charge in [-0.05, 0) is 31.6 Å². The van der Waals surface area contributed by atoms with Crippen LogP contribution < -0.4 is 5.32 Å². The van der Waals surface area contributed by atoms with Crippen LogP contribution in [0.5, 0.6) is 0 Å². The van der Waals surface area contributed by atoms with Crippen molar-refractivity contribution in [1.82, 2.24) is 9.62 Å². The lowest BCUT2D eigenvalue weighted by atomic mass is 9.86. The molecule has 4 nitrogen and oxygen atoms in total. The fourth-order valence-corrected chi connectivity index (χ4v) is 4.26. The molecule has 0 aromatic heterocycles. The normalized spacial score (nSPS) is 29.7. The summed E-state index contributed by atoms with van der Waals surface area (Å²) in [6, 6.07) is 0.795. The molecule has 0 aromatic carbocycles. The molecule has 0 aromatic rings. The Balaban J connectivity index is 1.85. The van der Waals surface area contributed by atoms with Crippen LogP contribution in [0.2, 0.25) is 0 Å². The van der Waals surface area contributed by atoms with Crippen LogP contribution in [0, 0.1) is 5.92 Å². The van der Waals surface area contributed by atoms with Crippen molar-refractivity contribution in [1.29, 1.82) is 0 Å². The van der Waals surface area contributed by atoms with Crippen molar-refractivity contribution < 1.29 is 8.42 Å². The molecule has 0 heterocycles. The van der Waals surface area contributed by atoms with E-state index in [1.54, 1.807) is 11.4 Å². The van der Waals surface area contributed by atoms with E-state index >= 15 is 0 Å². The largest absolute Gasteiger partial charge is 0.313 e. The van der Waals surface area contributed by atoms with Gasteiger partial charge in [-0.25, -0.2) is 12.7 Å². The maximum absolute atomic E-state index is 12.3. The second kappa shape index (κ2) is 5.88. The summed E-state index contributed by atoms with van der Waals surface area (Å²) in [5.74, 6) is 0.735. The van der Waals surface area contributed by atoms with Crippen LogP contribution in [0.25, 0.3) is 0 Å². The van der Waals surface area contributed by atoms with Gasteiger partial charge in [0.2, 0.25) is 10.0 Å². The monoisotopic (exact) mass is 274 g/mol. The molecule has 2 atom stereocenters. The third-order valence-electron chi connectivity index (χ3n) is 4.34. The number of hydrogen-bond donors (Lipinski definition) is 1. The summed E-state index contributed by atoms with van der Waals surface area (Å²) in [6.07, 6.45) is 6.99. The third kappa shape index (κ3) is 3.68. The lowest BCUT2D eigenvalue weighted by Gasteiger charge is -2.35. The van der Waals surface area contributed by atoms with Gasteiger partial charge < -0.3 is 5.32 Å². The zero-order valence-corrected chi connectivity index (χ0v) is 12.4. The zero-order chi connectivity index (χ0) is 13.2. The first-order valence-corrected chi connectivity index (χ1v) is 8.81. The summed E-state index contributed by atoms with van der Waals surface area (Å²) >= 11 is 0. The Hall–Kier alpha value is -0.130. The topological polar surface area (TPSA) is 49.4 Å². The molecule has 2 rings (SSSR count). The zero-order valence-electron chi connectivity index (χ0n) is 11.6. The molecule has 2 unspecified atom stereocenters. The van der Waals surface area contributed by atoms with Gasteiger partial charge in [0.1, 0.15) is 0 Å². The Kier molecular flexibility index (Phi) is 4.67. The molecule has 2 fully saturated rings. The van der Waals surface area contributed by atoms with E-state index in [1.807, 2.05) is 0 Å². The van der Waals surface area contributed by atoms with Crippen LogP contribution in [0.3, 0.4) is 0 Å². The first-order valence-electron chi connectivity index (χ1n) is 7.20. The fourth-order valence-electron chi connectivity index (χ4n) is 2.87. The predicted octanol–water partition coefficient (Wildman–Crippen LogP) is 1.58. The Morgan fingerprint density at radius 1 is 1.17 bits per heavy atom. The SMILES string of the molecule is CC1CCCCC1N(C)S(=O)(=O)CCNC1CC1. The second-order valence-corrected chi connectivity index (χ2v) is 8.04. The minimum Gasteiger partial charge on any atom is -0.313 e. The molecule has 1 N–H and O–H groups in total. The Bertz CT molecular complexity index is 365. The number of nitrogens with zero attached hydrogens (tertiary/aromatic N) is 1. The van der Waals surface area contributed by atoms with Crippen molar-refractivity contribution >= 4 is 10.0 Å². The highest BCUT2D eigenvalue weighted by Crippen LogP contribution is 2.28. The number of sulfonamides is 1. The molecule has 0 amide bonds. The number of nitrogens with one attached hydrogen (secondary N) is 1. The van der Waals surface area contributed by atoms with Crippen LogP contribution >= 0.6 is 0 Å². The summed E-state index contributed by atoms with van der Waals surface area (Å²) in [7, 11) is -1.33. The van der Waals surface area contributed by atoms with Crippen molar-refractivity contribution in [2.24, 2.45) is 5.92 Å². The highest BCUT2D eigenvalue weighted by atomic mass is 32.2. The molecule has 106 valence electrons. The van der Waals surface area contributed by atoms with E-state index in [1.165, 1.54) is 19.3 Å².